The molecule has 0 aromatic heterocycles. The third-order valence-electron chi connectivity index (χ3n) is 2.73. The van der Waals surface area contributed by atoms with Gasteiger partial charge in [0.25, 0.3) is 0 Å². The van der Waals surface area contributed by atoms with Crippen LogP contribution in [0.2, 0.25) is 0 Å². The van der Waals surface area contributed by atoms with Crippen molar-refractivity contribution >= 4 is 5.78 Å². The molecule has 98 valence electrons. The first-order valence-electron chi connectivity index (χ1n) is 5.49. The van der Waals surface area contributed by atoms with Crippen LogP contribution >= 0.6 is 0 Å². The molecule has 0 radical (unpaired) electrons. The summed E-state index contributed by atoms with van der Waals surface area (Å²) in [6, 6.07) is 6.60. The van der Waals surface area contributed by atoms with Crippen LogP contribution in [0.1, 0.15) is 21.5 Å². The van der Waals surface area contributed by atoms with E-state index in [9.17, 15) is 25.2 Å². The summed E-state index contributed by atoms with van der Waals surface area (Å²) >= 11 is 0. The van der Waals surface area contributed by atoms with Gasteiger partial charge in [-0.25, -0.2) is 0 Å². The van der Waals surface area contributed by atoms with E-state index in [2.05, 4.69) is 0 Å². The first-order valence-corrected chi connectivity index (χ1v) is 5.49. The van der Waals surface area contributed by atoms with Crippen LogP contribution < -0.4 is 0 Å². The molecule has 2 aromatic rings. The average molecular weight is 260 g/mol. The Morgan fingerprint density at radius 3 is 2.00 bits per heavy atom. The molecule has 2 rings (SSSR count). The molecule has 0 amide bonds. The van der Waals surface area contributed by atoms with Crippen molar-refractivity contribution < 1.29 is 25.2 Å². The Hall–Kier alpha value is -2.69. The molecule has 19 heavy (non-hydrogen) atoms. The van der Waals surface area contributed by atoms with Crippen molar-refractivity contribution in [3.63, 3.8) is 0 Å². The second-order valence-corrected chi connectivity index (χ2v) is 4.21. The van der Waals surface area contributed by atoms with E-state index in [-0.39, 0.29) is 16.9 Å². The van der Waals surface area contributed by atoms with Crippen molar-refractivity contribution in [2.24, 2.45) is 0 Å². The molecule has 0 atom stereocenters. The van der Waals surface area contributed by atoms with E-state index < -0.39 is 23.0 Å². The van der Waals surface area contributed by atoms with Crippen molar-refractivity contribution in [2.45, 2.75) is 6.92 Å². The molecule has 5 nitrogen and oxygen atoms in total. The maximum absolute atomic E-state index is 12.1. The summed E-state index contributed by atoms with van der Waals surface area (Å²) in [4.78, 5) is 12.1. The van der Waals surface area contributed by atoms with Crippen molar-refractivity contribution in [1.82, 2.24) is 0 Å². The molecule has 5 heteroatoms. The lowest BCUT2D eigenvalue weighted by Crippen LogP contribution is -2.01. The maximum Gasteiger partial charge on any atom is 0.200 e. The second kappa shape index (κ2) is 4.53. The van der Waals surface area contributed by atoms with Crippen LogP contribution in [0.25, 0.3) is 0 Å². The van der Waals surface area contributed by atoms with Gasteiger partial charge in [-0.15, -0.1) is 0 Å². The number of carbonyl (C=O) groups is 1. The molecule has 2 aromatic carbocycles. The zero-order valence-electron chi connectivity index (χ0n) is 10.1. The lowest BCUT2D eigenvalue weighted by molar-refractivity contribution is 0.103. The molecule has 0 aliphatic heterocycles. The SMILES string of the molecule is Cc1ccc(C(=O)c2cc(O)c(O)c(O)c2)c(O)c1. The number of aromatic hydroxyl groups is 4. The monoisotopic (exact) mass is 260 g/mol. The van der Waals surface area contributed by atoms with Crippen molar-refractivity contribution in [1.29, 1.82) is 0 Å². The smallest absolute Gasteiger partial charge is 0.200 e. The molecule has 0 spiro atoms. The highest BCUT2D eigenvalue weighted by Crippen LogP contribution is 2.36. The maximum atomic E-state index is 12.1. The summed E-state index contributed by atoms with van der Waals surface area (Å²) in [6.45, 7) is 1.77. The molecule has 4 N–H and O–H groups in total. The summed E-state index contributed by atoms with van der Waals surface area (Å²) in [5.41, 5.74) is 0.812. The Kier molecular flexibility index (Phi) is 3.04. The Morgan fingerprint density at radius 1 is 0.895 bits per heavy atom. The Balaban J connectivity index is 2.50. The van der Waals surface area contributed by atoms with Crippen LogP contribution in [0.5, 0.6) is 23.0 Å². The number of ketones is 1. The highest BCUT2D eigenvalue weighted by atomic mass is 16.3. The molecule has 0 saturated heterocycles. The number of hydrogen-bond donors (Lipinski definition) is 4. The Bertz CT molecular complexity index is 638. The molecule has 0 fully saturated rings. The third-order valence-corrected chi connectivity index (χ3v) is 2.73. The van der Waals surface area contributed by atoms with Gasteiger partial charge < -0.3 is 20.4 Å². The summed E-state index contributed by atoms with van der Waals surface area (Å²) in [6.07, 6.45) is 0. The highest BCUT2D eigenvalue weighted by Gasteiger charge is 2.17. The van der Waals surface area contributed by atoms with Crippen LogP contribution in [0.3, 0.4) is 0 Å². The van der Waals surface area contributed by atoms with Gasteiger partial charge in [0.15, 0.2) is 23.0 Å². The van der Waals surface area contributed by atoms with Gasteiger partial charge in [-0.2, -0.15) is 0 Å². The number of benzene rings is 2. The predicted molar refractivity (Wildman–Crippen MR) is 67.7 cm³/mol. The van der Waals surface area contributed by atoms with E-state index >= 15 is 0 Å². The number of aryl methyl sites for hydroxylation is 1. The van der Waals surface area contributed by atoms with Gasteiger partial charge in [-0.05, 0) is 36.8 Å². The van der Waals surface area contributed by atoms with E-state index in [4.69, 9.17) is 0 Å². The molecular formula is C14H12O5. The zero-order chi connectivity index (χ0) is 14.2. The van der Waals surface area contributed by atoms with Crippen LogP contribution in [-0.4, -0.2) is 26.2 Å². The van der Waals surface area contributed by atoms with Gasteiger partial charge in [0, 0.05) is 5.56 Å². The topological polar surface area (TPSA) is 98.0 Å². The molecule has 0 bridgehead atoms. The van der Waals surface area contributed by atoms with Gasteiger partial charge in [-0.3, -0.25) is 4.79 Å². The Labute approximate surface area is 109 Å². The highest BCUT2D eigenvalue weighted by molar-refractivity contribution is 6.11. The van der Waals surface area contributed by atoms with Gasteiger partial charge in [-0.1, -0.05) is 6.07 Å². The van der Waals surface area contributed by atoms with Crippen LogP contribution in [0.15, 0.2) is 30.3 Å². The molecule has 0 unspecified atom stereocenters. The summed E-state index contributed by atoms with van der Waals surface area (Å²) in [5.74, 6) is -2.64. The van der Waals surface area contributed by atoms with E-state index in [0.717, 1.165) is 17.7 Å². The molecule has 0 aliphatic rings. The van der Waals surface area contributed by atoms with E-state index in [1.165, 1.54) is 12.1 Å². The average Bonchev–Trinajstić information content (AvgIpc) is 2.34. The largest absolute Gasteiger partial charge is 0.507 e. The van der Waals surface area contributed by atoms with Crippen molar-refractivity contribution in [3.05, 3.63) is 47.0 Å². The predicted octanol–water partition coefficient (Wildman–Crippen LogP) is 2.05. The van der Waals surface area contributed by atoms with Crippen LogP contribution in [0, 0.1) is 6.92 Å². The van der Waals surface area contributed by atoms with Gasteiger partial charge in [0.1, 0.15) is 5.75 Å². The summed E-state index contributed by atoms with van der Waals surface area (Å²) < 4.78 is 0. The number of phenolic OH excluding ortho intramolecular Hbond substituents is 4. The van der Waals surface area contributed by atoms with Crippen LogP contribution in [-0.2, 0) is 0 Å². The summed E-state index contributed by atoms with van der Waals surface area (Å²) in [5, 5.41) is 37.7. The fraction of sp³-hybridized carbons (Fsp3) is 0.0714. The first-order chi connectivity index (χ1) is 8.90. The third kappa shape index (κ3) is 2.30. The van der Waals surface area contributed by atoms with Crippen molar-refractivity contribution in [3.8, 4) is 23.0 Å². The lowest BCUT2D eigenvalue weighted by Gasteiger charge is -2.07. The first kappa shape index (κ1) is 12.8. The second-order valence-electron chi connectivity index (χ2n) is 4.21. The molecular weight excluding hydrogens is 248 g/mol. The van der Waals surface area contributed by atoms with E-state index in [1.54, 1.807) is 13.0 Å². The number of carbonyl (C=O) groups excluding carboxylic acids is 1. The standard InChI is InChI=1S/C14H12O5/c1-7-2-3-9(10(15)4-7)13(18)8-5-11(16)14(19)12(17)6-8/h2-6,15-17,19H,1H3. The minimum Gasteiger partial charge on any atom is -0.507 e. The van der Waals surface area contributed by atoms with Gasteiger partial charge >= 0.3 is 0 Å². The fourth-order valence-electron chi connectivity index (χ4n) is 1.72. The number of hydrogen-bond acceptors (Lipinski definition) is 5. The fourth-order valence-corrected chi connectivity index (χ4v) is 1.72. The number of rotatable bonds is 2. The minimum atomic E-state index is -0.690. The lowest BCUT2D eigenvalue weighted by atomic mass is 10.0. The summed E-state index contributed by atoms with van der Waals surface area (Å²) in [7, 11) is 0. The number of phenols is 4. The van der Waals surface area contributed by atoms with Gasteiger partial charge in [0.05, 0.1) is 5.56 Å². The quantitative estimate of drug-likeness (QED) is 0.489. The van der Waals surface area contributed by atoms with E-state index in [0.29, 0.717) is 0 Å². The van der Waals surface area contributed by atoms with E-state index in [1.807, 2.05) is 0 Å². The van der Waals surface area contributed by atoms with Gasteiger partial charge in [0.2, 0.25) is 0 Å². The molecule has 0 aliphatic carbocycles. The minimum absolute atomic E-state index is 0.0352. The molecule has 0 heterocycles. The molecule has 0 saturated carbocycles. The normalized spacial score (nSPS) is 10.4. The Morgan fingerprint density at radius 2 is 1.47 bits per heavy atom. The van der Waals surface area contributed by atoms with Crippen molar-refractivity contribution in [2.75, 3.05) is 0 Å². The van der Waals surface area contributed by atoms with Crippen LogP contribution in [0.4, 0.5) is 0 Å². The zero-order valence-corrected chi connectivity index (χ0v) is 10.1.